The topological polar surface area (TPSA) is 69.6 Å². The van der Waals surface area contributed by atoms with Crippen molar-refractivity contribution in [2.45, 2.75) is 37.8 Å². The maximum Gasteiger partial charge on any atom is 0.321 e. The first-order chi connectivity index (χ1) is 8.11. The van der Waals surface area contributed by atoms with Crippen molar-refractivity contribution >= 4 is 17.3 Å². The Labute approximate surface area is 104 Å². The number of carbonyl (C=O) groups is 1. The van der Waals surface area contributed by atoms with Gasteiger partial charge in [-0.05, 0) is 37.9 Å². The van der Waals surface area contributed by atoms with Gasteiger partial charge in [0.15, 0.2) is 0 Å². The lowest BCUT2D eigenvalue weighted by molar-refractivity contribution is -0.139. The average Bonchev–Trinajstić information content (AvgIpc) is 2.69. The van der Waals surface area contributed by atoms with Crippen molar-refractivity contribution in [3.05, 3.63) is 21.4 Å². The molecule has 0 amide bonds. The molecule has 0 fully saturated rings. The number of aliphatic hydroxyl groups is 1. The summed E-state index contributed by atoms with van der Waals surface area (Å²) in [7, 11) is 1.65. The van der Waals surface area contributed by atoms with E-state index in [0.717, 1.165) is 29.7 Å². The molecule has 5 heteroatoms. The average molecular weight is 255 g/mol. The number of nitrogens with one attached hydrogen (secondary N) is 1. The minimum absolute atomic E-state index is 0.360. The predicted molar refractivity (Wildman–Crippen MR) is 66.4 cm³/mol. The molecule has 94 valence electrons. The molecule has 1 aliphatic carbocycles. The number of aliphatic hydroxyl groups excluding tert-OH is 1. The van der Waals surface area contributed by atoms with Gasteiger partial charge in [-0.15, -0.1) is 11.3 Å². The van der Waals surface area contributed by atoms with Gasteiger partial charge < -0.3 is 15.5 Å². The van der Waals surface area contributed by atoms with Gasteiger partial charge in [0.25, 0.3) is 0 Å². The largest absolute Gasteiger partial charge is 0.480 e. The van der Waals surface area contributed by atoms with E-state index < -0.39 is 12.0 Å². The normalized spacial score (nSPS) is 20.9. The Kier molecular flexibility index (Phi) is 3.81. The van der Waals surface area contributed by atoms with Crippen molar-refractivity contribution in [2.24, 2.45) is 0 Å². The summed E-state index contributed by atoms with van der Waals surface area (Å²) in [5.74, 6) is -0.834. The SMILES string of the molecule is CNC(Cc1cc2c(s1)CCCC2O)C(=O)O. The van der Waals surface area contributed by atoms with Crippen LogP contribution in [-0.4, -0.2) is 29.3 Å². The zero-order chi connectivity index (χ0) is 12.4. The van der Waals surface area contributed by atoms with Crippen LogP contribution in [0.2, 0.25) is 0 Å². The van der Waals surface area contributed by atoms with Crippen LogP contribution in [-0.2, 0) is 17.6 Å². The molecule has 0 aromatic carbocycles. The highest BCUT2D eigenvalue weighted by Crippen LogP contribution is 2.36. The Balaban J connectivity index is 2.15. The molecule has 1 aromatic heterocycles. The van der Waals surface area contributed by atoms with Crippen molar-refractivity contribution in [3.8, 4) is 0 Å². The van der Waals surface area contributed by atoms with E-state index in [2.05, 4.69) is 5.32 Å². The Hall–Kier alpha value is -0.910. The lowest BCUT2D eigenvalue weighted by Crippen LogP contribution is -2.35. The number of rotatable bonds is 4. The highest BCUT2D eigenvalue weighted by Gasteiger charge is 2.23. The third-order valence-corrected chi connectivity index (χ3v) is 4.42. The Bertz CT molecular complexity index is 416. The molecule has 0 saturated carbocycles. The summed E-state index contributed by atoms with van der Waals surface area (Å²) < 4.78 is 0. The van der Waals surface area contributed by atoms with Crippen LogP contribution in [0.15, 0.2) is 6.07 Å². The van der Waals surface area contributed by atoms with E-state index in [1.807, 2.05) is 6.07 Å². The third-order valence-electron chi connectivity index (χ3n) is 3.19. The molecule has 0 bridgehead atoms. The summed E-state index contributed by atoms with van der Waals surface area (Å²) >= 11 is 1.64. The smallest absolute Gasteiger partial charge is 0.321 e. The van der Waals surface area contributed by atoms with E-state index in [4.69, 9.17) is 5.11 Å². The Morgan fingerprint density at radius 3 is 3.06 bits per heavy atom. The number of hydrogen-bond donors (Lipinski definition) is 3. The monoisotopic (exact) mass is 255 g/mol. The molecule has 2 unspecified atom stereocenters. The van der Waals surface area contributed by atoms with Gasteiger partial charge in [-0.25, -0.2) is 0 Å². The lowest BCUT2D eigenvalue weighted by Gasteiger charge is -2.16. The maximum atomic E-state index is 10.9. The molecular weight excluding hydrogens is 238 g/mol. The highest BCUT2D eigenvalue weighted by molar-refractivity contribution is 7.12. The van der Waals surface area contributed by atoms with Crippen molar-refractivity contribution in [1.82, 2.24) is 5.32 Å². The minimum Gasteiger partial charge on any atom is -0.480 e. The van der Waals surface area contributed by atoms with E-state index in [0.29, 0.717) is 6.42 Å². The number of thiophene rings is 1. The van der Waals surface area contributed by atoms with Crippen LogP contribution in [0.25, 0.3) is 0 Å². The lowest BCUT2D eigenvalue weighted by atomic mass is 9.96. The highest BCUT2D eigenvalue weighted by atomic mass is 32.1. The van der Waals surface area contributed by atoms with Crippen LogP contribution in [0.5, 0.6) is 0 Å². The number of likely N-dealkylation sites (N-methyl/N-ethyl adjacent to an activating group) is 1. The van der Waals surface area contributed by atoms with Gasteiger partial charge >= 0.3 is 5.97 Å². The van der Waals surface area contributed by atoms with E-state index in [9.17, 15) is 9.90 Å². The van der Waals surface area contributed by atoms with Crippen LogP contribution in [0.4, 0.5) is 0 Å². The molecule has 0 spiro atoms. The molecule has 0 radical (unpaired) electrons. The summed E-state index contributed by atoms with van der Waals surface area (Å²) in [6, 6.07) is 1.42. The second-order valence-corrected chi connectivity index (χ2v) is 5.60. The van der Waals surface area contributed by atoms with Gasteiger partial charge in [-0.3, -0.25) is 4.79 Å². The van der Waals surface area contributed by atoms with E-state index in [1.54, 1.807) is 18.4 Å². The molecule has 1 aliphatic rings. The number of fused-ring (bicyclic) bond motifs is 1. The number of hydrogen-bond acceptors (Lipinski definition) is 4. The molecule has 2 atom stereocenters. The van der Waals surface area contributed by atoms with E-state index in [1.165, 1.54) is 4.88 Å². The molecule has 0 aliphatic heterocycles. The minimum atomic E-state index is -0.834. The molecular formula is C12H17NO3S. The summed E-state index contributed by atoms with van der Waals surface area (Å²) in [6.07, 6.45) is 2.96. The fourth-order valence-electron chi connectivity index (χ4n) is 2.20. The zero-order valence-corrected chi connectivity index (χ0v) is 10.6. The van der Waals surface area contributed by atoms with Gasteiger partial charge in [0.05, 0.1) is 6.10 Å². The maximum absolute atomic E-state index is 10.9. The summed E-state index contributed by atoms with van der Waals surface area (Å²) in [6.45, 7) is 0. The van der Waals surface area contributed by atoms with Crippen LogP contribution < -0.4 is 5.32 Å². The fourth-order valence-corrected chi connectivity index (χ4v) is 3.52. The van der Waals surface area contributed by atoms with Gasteiger partial charge in [0, 0.05) is 16.2 Å². The van der Waals surface area contributed by atoms with Crippen molar-refractivity contribution in [2.75, 3.05) is 7.05 Å². The van der Waals surface area contributed by atoms with Gasteiger partial charge in [0.2, 0.25) is 0 Å². The van der Waals surface area contributed by atoms with E-state index in [-0.39, 0.29) is 6.10 Å². The molecule has 2 rings (SSSR count). The van der Waals surface area contributed by atoms with Crippen LogP contribution in [0.1, 0.15) is 34.3 Å². The van der Waals surface area contributed by atoms with Crippen molar-refractivity contribution in [1.29, 1.82) is 0 Å². The first-order valence-corrected chi connectivity index (χ1v) is 6.63. The Morgan fingerprint density at radius 1 is 1.71 bits per heavy atom. The predicted octanol–water partition coefficient (Wildman–Crippen LogP) is 1.33. The first-order valence-electron chi connectivity index (χ1n) is 5.81. The molecule has 17 heavy (non-hydrogen) atoms. The van der Waals surface area contributed by atoms with Gasteiger partial charge in [-0.2, -0.15) is 0 Å². The third kappa shape index (κ3) is 2.68. The Morgan fingerprint density at radius 2 is 2.47 bits per heavy atom. The second kappa shape index (κ2) is 5.16. The fraction of sp³-hybridized carbons (Fsp3) is 0.583. The van der Waals surface area contributed by atoms with Crippen molar-refractivity contribution in [3.63, 3.8) is 0 Å². The van der Waals surface area contributed by atoms with Crippen LogP contribution >= 0.6 is 11.3 Å². The second-order valence-electron chi connectivity index (χ2n) is 4.38. The zero-order valence-electron chi connectivity index (χ0n) is 9.77. The number of aliphatic carboxylic acids is 1. The molecule has 3 N–H and O–H groups in total. The molecule has 4 nitrogen and oxygen atoms in total. The summed E-state index contributed by atoms with van der Waals surface area (Å²) in [4.78, 5) is 13.2. The van der Waals surface area contributed by atoms with Gasteiger partial charge in [0.1, 0.15) is 6.04 Å². The molecule has 1 aromatic rings. The molecule has 1 heterocycles. The molecule has 0 saturated heterocycles. The van der Waals surface area contributed by atoms with Crippen LogP contribution in [0, 0.1) is 0 Å². The number of carboxylic acids is 1. The summed E-state index contributed by atoms with van der Waals surface area (Å²) in [5.41, 5.74) is 1.01. The standard InChI is InChI=1S/C12H17NO3S/c1-13-9(12(15)16)6-7-5-8-10(14)3-2-4-11(8)17-7/h5,9-10,13-14H,2-4,6H2,1H3,(H,15,16). The first kappa shape index (κ1) is 12.5. The quantitative estimate of drug-likeness (QED) is 0.759. The van der Waals surface area contributed by atoms with Gasteiger partial charge in [-0.1, -0.05) is 0 Å². The number of aryl methyl sites for hydroxylation is 1. The van der Waals surface area contributed by atoms with Crippen LogP contribution in [0.3, 0.4) is 0 Å². The van der Waals surface area contributed by atoms with E-state index >= 15 is 0 Å². The summed E-state index contributed by atoms with van der Waals surface area (Å²) in [5, 5.41) is 21.6. The number of carboxylic acid groups (broad SMARTS) is 1. The van der Waals surface area contributed by atoms with Crippen molar-refractivity contribution < 1.29 is 15.0 Å².